The molecule has 5 nitrogen and oxygen atoms in total. The van der Waals surface area contributed by atoms with Gasteiger partial charge in [0.15, 0.2) is 0 Å². The van der Waals surface area contributed by atoms with Gasteiger partial charge in [-0.3, -0.25) is 4.79 Å². The Balaban J connectivity index is 1.61. The van der Waals surface area contributed by atoms with Gasteiger partial charge in [-0.05, 0) is 54.5 Å². The van der Waals surface area contributed by atoms with Crippen molar-refractivity contribution in [2.45, 2.75) is 31.3 Å². The van der Waals surface area contributed by atoms with Crippen LogP contribution in [0.4, 0.5) is 13.2 Å². The fourth-order valence-corrected chi connectivity index (χ4v) is 4.22. The molecule has 148 valence electrons. The van der Waals surface area contributed by atoms with E-state index in [9.17, 15) is 26.4 Å². The van der Waals surface area contributed by atoms with Crippen LogP contribution in [0.15, 0.2) is 36.1 Å². The zero-order valence-corrected chi connectivity index (χ0v) is 15.7. The quantitative estimate of drug-likeness (QED) is 0.557. The Labute approximate surface area is 159 Å². The minimum atomic E-state index is -5.63. The van der Waals surface area contributed by atoms with E-state index in [0.717, 1.165) is 0 Å². The van der Waals surface area contributed by atoms with Gasteiger partial charge in [0, 0.05) is 23.0 Å². The van der Waals surface area contributed by atoms with Crippen LogP contribution in [0.25, 0.3) is 0 Å². The maximum absolute atomic E-state index is 12.4. The molecule has 1 aromatic carbocycles. The second-order valence-electron chi connectivity index (χ2n) is 6.63. The number of carbonyl (C=O) groups excluding carboxylic acids is 1. The highest BCUT2D eigenvalue weighted by Gasteiger charge is 2.58. The van der Waals surface area contributed by atoms with Crippen LogP contribution in [0, 0.1) is 17.8 Å². The minimum Gasteiger partial charge on any atom is -0.381 e. The average Bonchev–Trinajstić information content (AvgIpc) is 3.06. The molecule has 1 N–H and O–H groups in total. The van der Waals surface area contributed by atoms with Gasteiger partial charge >= 0.3 is 15.6 Å². The highest BCUT2D eigenvalue weighted by molar-refractivity contribution is 7.87. The van der Waals surface area contributed by atoms with E-state index in [1.807, 2.05) is 6.92 Å². The van der Waals surface area contributed by atoms with Crippen LogP contribution in [0.3, 0.4) is 0 Å². The summed E-state index contributed by atoms with van der Waals surface area (Å²) in [6.07, 6.45) is 2.18. The number of fused-ring (bicyclic) bond motifs is 1. The molecule has 0 saturated heterocycles. The Kier molecular flexibility index (Phi) is 5.20. The van der Waals surface area contributed by atoms with E-state index >= 15 is 0 Å². The molecule has 0 radical (unpaired) electrons. The zero-order chi connectivity index (χ0) is 20.0. The number of allylic oxidation sites excluding steroid dienone is 2. The Morgan fingerprint density at radius 2 is 1.96 bits per heavy atom. The second-order valence-corrected chi connectivity index (χ2v) is 8.61. The predicted octanol–water partition coefficient (Wildman–Crippen LogP) is 3.86. The first-order valence-corrected chi connectivity index (χ1v) is 10.1. The molecule has 1 amide bonds. The summed E-state index contributed by atoms with van der Waals surface area (Å²) >= 11 is 5.80. The highest BCUT2D eigenvalue weighted by atomic mass is 35.5. The van der Waals surface area contributed by atoms with E-state index in [1.54, 1.807) is 24.3 Å². The molecule has 1 saturated carbocycles. The number of hydrogen-bond donors (Lipinski definition) is 1. The number of rotatable bonds is 6. The zero-order valence-electron chi connectivity index (χ0n) is 14.2. The summed E-state index contributed by atoms with van der Waals surface area (Å²) < 4.78 is 63.5. The molecule has 2 aliphatic carbocycles. The molecule has 0 heterocycles. The maximum atomic E-state index is 12.4. The molecule has 27 heavy (non-hydrogen) atoms. The van der Waals surface area contributed by atoms with Crippen molar-refractivity contribution < 1.29 is 30.6 Å². The van der Waals surface area contributed by atoms with Gasteiger partial charge in [0.2, 0.25) is 0 Å². The van der Waals surface area contributed by atoms with Crippen LogP contribution in [-0.2, 0) is 14.3 Å². The Morgan fingerprint density at radius 1 is 1.33 bits per heavy atom. The standard InChI is InChI=1S/C17H17ClF3NO4S/c1-2-14(22-16(23)9-3-5-10(18)6-4-9)15-12-7-11(8-13(12)15)26-27(24,25)17(19,20)21/h3-7,12-15H,2,8H2,1H3,(H,22,23)/t12-,13+,14?,15+/m0/s1. The topological polar surface area (TPSA) is 72.5 Å². The lowest BCUT2D eigenvalue weighted by Crippen LogP contribution is -2.37. The first-order chi connectivity index (χ1) is 12.5. The molecule has 1 fully saturated rings. The third-order valence-corrected chi connectivity index (χ3v) is 6.19. The molecule has 10 heteroatoms. The molecule has 0 bridgehead atoms. The van der Waals surface area contributed by atoms with Crippen molar-refractivity contribution in [2.24, 2.45) is 17.8 Å². The van der Waals surface area contributed by atoms with Crippen molar-refractivity contribution in [3.63, 3.8) is 0 Å². The van der Waals surface area contributed by atoms with Gasteiger partial charge in [0.1, 0.15) is 5.76 Å². The van der Waals surface area contributed by atoms with Crippen LogP contribution >= 0.6 is 11.6 Å². The van der Waals surface area contributed by atoms with Gasteiger partial charge < -0.3 is 9.50 Å². The van der Waals surface area contributed by atoms with Crippen molar-refractivity contribution in [1.82, 2.24) is 5.32 Å². The summed E-state index contributed by atoms with van der Waals surface area (Å²) in [4.78, 5) is 12.3. The highest BCUT2D eigenvalue weighted by Crippen LogP contribution is 2.58. The molecule has 2 aliphatic rings. The number of nitrogens with one attached hydrogen (secondary N) is 1. The lowest BCUT2D eigenvalue weighted by atomic mass is 10.0. The van der Waals surface area contributed by atoms with Crippen molar-refractivity contribution in [3.05, 3.63) is 46.7 Å². The van der Waals surface area contributed by atoms with E-state index in [1.165, 1.54) is 6.08 Å². The van der Waals surface area contributed by atoms with Crippen LogP contribution in [0.2, 0.25) is 5.02 Å². The molecule has 4 atom stereocenters. The van der Waals surface area contributed by atoms with Crippen LogP contribution in [0.1, 0.15) is 30.1 Å². The van der Waals surface area contributed by atoms with Crippen molar-refractivity contribution in [3.8, 4) is 0 Å². The fourth-order valence-electron chi connectivity index (χ4n) is 3.59. The molecule has 0 aromatic heterocycles. The number of hydrogen-bond acceptors (Lipinski definition) is 4. The van der Waals surface area contributed by atoms with Crippen LogP contribution < -0.4 is 5.32 Å². The van der Waals surface area contributed by atoms with Crippen molar-refractivity contribution in [2.75, 3.05) is 0 Å². The predicted molar refractivity (Wildman–Crippen MR) is 92.2 cm³/mol. The summed E-state index contributed by atoms with van der Waals surface area (Å²) in [5, 5.41) is 3.45. The van der Waals surface area contributed by atoms with Crippen LogP contribution in [-0.4, -0.2) is 25.9 Å². The lowest BCUT2D eigenvalue weighted by molar-refractivity contribution is -0.0523. The molecular formula is C17H17ClF3NO4S. The van der Waals surface area contributed by atoms with E-state index in [0.29, 0.717) is 17.0 Å². The first-order valence-electron chi connectivity index (χ1n) is 8.31. The number of carbonyl (C=O) groups is 1. The number of amides is 1. The summed E-state index contributed by atoms with van der Waals surface area (Å²) in [6, 6.07) is 6.26. The molecule has 3 rings (SSSR count). The van der Waals surface area contributed by atoms with E-state index < -0.39 is 15.6 Å². The third kappa shape index (κ3) is 4.08. The van der Waals surface area contributed by atoms with Gasteiger partial charge in [-0.15, -0.1) is 0 Å². The largest absolute Gasteiger partial charge is 0.534 e. The van der Waals surface area contributed by atoms with Crippen LogP contribution in [0.5, 0.6) is 0 Å². The lowest BCUT2D eigenvalue weighted by Gasteiger charge is -2.19. The SMILES string of the molecule is CCC(NC(=O)c1ccc(Cl)cc1)[C@@H]1[C@H]2C=C(OS(=O)(=O)C(F)(F)F)C[C@H]21. The molecule has 0 spiro atoms. The molecule has 1 aromatic rings. The maximum Gasteiger partial charge on any atom is 0.534 e. The normalized spacial score (nSPS) is 25.4. The monoisotopic (exact) mass is 423 g/mol. The van der Waals surface area contributed by atoms with Gasteiger partial charge in [-0.2, -0.15) is 21.6 Å². The second kappa shape index (κ2) is 7.01. The Hall–Kier alpha value is -1.74. The Morgan fingerprint density at radius 3 is 2.44 bits per heavy atom. The third-order valence-electron chi connectivity index (χ3n) is 4.94. The Bertz CT molecular complexity index is 867. The molecular weight excluding hydrogens is 407 g/mol. The number of benzene rings is 1. The van der Waals surface area contributed by atoms with Crippen molar-refractivity contribution in [1.29, 1.82) is 0 Å². The number of alkyl halides is 3. The van der Waals surface area contributed by atoms with Gasteiger partial charge in [-0.1, -0.05) is 18.5 Å². The molecule has 1 unspecified atom stereocenters. The summed E-state index contributed by atoms with van der Waals surface area (Å²) in [5.41, 5.74) is -4.99. The first kappa shape index (κ1) is 20.0. The van der Waals surface area contributed by atoms with E-state index in [-0.39, 0.29) is 41.9 Å². The summed E-state index contributed by atoms with van der Waals surface area (Å²) in [6.45, 7) is 1.90. The van der Waals surface area contributed by atoms with Gasteiger partial charge in [-0.25, -0.2) is 0 Å². The molecule has 0 aliphatic heterocycles. The van der Waals surface area contributed by atoms with E-state index in [4.69, 9.17) is 11.6 Å². The minimum absolute atomic E-state index is 0.0288. The van der Waals surface area contributed by atoms with Gasteiger partial charge in [0.25, 0.3) is 5.91 Å². The average molecular weight is 424 g/mol. The number of halogens is 4. The van der Waals surface area contributed by atoms with E-state index in [2.05, 4.69) is 9.50 Å². The fraction of sp³-hybridized carbons (Fsp3) is 0.471. The van der Waals surface area contributed by atoms with Gasteiger partial charge in [0.05, 0.1) is 0 Å². The van der Waals surface area contributed by atoms with Crippen molar-refractivity contribution >= 4 is 27.6 Å². The summed E-state index contributed by atoms with van der Waals surface area (Å²) in [5.74, 6) is -0.522. The smallest absolute Gasteiger partial charge is 0.381 e. The summed E-state index contributed by atoms with van der Waals surface area (Å²) in [7, 11) is -5.63.